The lowest BCUT2D eigenvalue weighted by Crippen LogP contribution is -1.92. The molecular formula is C15H11BrN2O2. The number of nitrogens with zero attached hydrogens (tertiary/aromatic N) is 2. The van der Waals surface area contributed by atoms with E-state index in [1.165, 1.54) is 0 Å². The minimum Gasteiger partial charge on any atom is -0.497 e. The summed E-state index contributed by atoms with van der Waals surface area (Å²) in [6.07, 6.45) is 1.61. The van der Waals surface area contributed by atoms with Gasteiger partial charge in [-0.2, -0.15) is 0 Å². The Balaban J connectivity index is 1.92. The molecular weight excluding hydrogens is 320 g/mol. The second-order valence-corrected chi connectivity index (χ2v) is 4.95. The molecule has 1 aromatic heterocycles. The molecule has 0 spiro atoms. The topological polar surface area (TPSA) is 44.2 Å². The minimum atomic E-state index is 0.453. The molecule has 3 rings (SSSR count). The van der Waals surface area contributed by atoms with Gasteiger partial charge in [-0.15, -0.1) is 0 Å². The number of ether oxygens (including phenoxy) is 2. The van der Waals surface area contributed by atoms with E-state index < -0.39 is 0 Å². The molecule has 0 aliphatic rings. The zero-order chi connectivity index (χ0) is 13.9. The van der Waals surface area contributed by atoms with Gasteiger partial charge in [-0.1, -0.05) is 12.1 Å². The van der Waals surface area contributed by atoms with E-state index in [0.717, 1.165) is 21.3 Å². The van der Waals surface area contributed by atoms with Crippen molar-refractivity contribution in [2.24, 2.45) is 0 Å². The van der Waals surface area contributed by atoms with Crippen molar-refractivity contribution in [2.45, 2.75) is 0 Å². The quantitative estimate of drug-likeness (QED) is 0.722. The molecule has 4 nitrogen and oxygen atoms in total. The molecule has 0 fully saturated rings. The first-order chi connectivity index (χ1) is 9.76. The van der Waals surface area contributed by atoms with Gasteiger partial charge >= 0.3 is 0 Å². The number of benzene rings is 2. The number of fused-ring (bicyclic) bond motifs is 1. The van der Waals surface area contributed by atoms with Crippen molar-refractivity contribution >= 4 is 27.0 Å². The van der Waals surface area contributed by atoms with Crippen molar-refractivity contribution < 1.29 is 9.47 Å². The highest BCUT2D eigenvalue weighted by Gasteiger charge is 2.06. The summed E-state index contributed by atoms with van der Waals surface area (Å²) in [5, 5.41) is 0. The second kappa shape index (κ2) is 5.46. The molecule has 2 aromatic carbocycles. The third-order valence-corrected chi connectivity index (χ3v) is 3.40. The first-order valence-corrected chi connectivity index (χ1v) is 6.79. The number of hydrogen-bond donors (Lipinski definition) is 0. The van der Waals surface area contributed by atoms with Gasteiger partial charge in [0.25, 0.3) is 0 Å². The predicted molar refractivity (Wildman–Crippen MR) is 80.3 cm³/mol. The van der Waals surface area contributed by atoms with Crippen LogP contribution in [0.25, 0.3) is 11.0 Å². The van der Waals surface area contributed by atoms with Crippen LogP contribution in [0.2, 0.25) is 0 Å². The Morgan fingerprint density at radius 1 is 1.05 bits per heavy atom. The van der Waals surface area contributed by atoms with Crippen molar-refractivity contribution in [3.63, 3.8) is 0 Å². The lowest BCUT2D eigenvalue weighted by Gasteiger charge is -2.08. The van der Waals surface area contributed by atoms with Crippen LogP contribution in [0.1, 0.15) is 0 Å². The van der Waals surface area contributed by atoms with E-state index >= 15 is 0 Å². The Labute approximate surface area is 124 Å². The molecule has 1 heterocycles. The average molecular weight is 331 g/mol. The second-order valence-electron chi connectivity index (χ2n) is 4.10. The van der Waals surface area contributed by atoms with Gasteiger partial charge in [0, 0.05) is 0 Å². The zero-order valence-corrected chi connectivity index (χ0v) is 12.3. The van der Waals surface area contributed by atoms with Gasteiger partial charge in [0.1, 0.15) is 11.5 Å². The van der Waals surface area contributed by atoms with E-state index in [1.54, 1.807) is 13.3 Å². The fraction of sp³-hybridized carbons (Fsp3) is 0.0667. The van der Waals surface area contributed by atoms with Crippen molar-refractivity contribution in [3.05, 3.63) is 53.1 Å². The van der Waals surface area contributed by atoms with E-state index in [-0.39, 0.29) is 0 Å². The maximum absolute atomic E-state index is 5.74. The van der Waals surface area contributed by atoms with Gasteiger partial charge < -0.3 is 9.47 Å². The first-order valence-electron chi connectivity index (χ1n) is 5.99. The molecule has 0 saturated heterocycles. The Bertz CT molecular complexity index is 762. The van der Waals surface area contributed by atoms with Crippen LogP contribution in [-0.2, 0) is 0 Å². The molecule has 3 aromatic rings. The van der Waals surface area contributed by atoms with Crippen LogP contribution in [0.4, 0.5) is 0 Å². The number of hydrogen-bond acceptors (Lipinski definition) is 4. The van der Waals surface area contributed by atoms with Crippen LogP contribution < -0.4 is 9.47 Å². The molecule has 0 aliphatic carbocycles. The maximum atomic E-state index is 5.74. The average Bonchev–Trinajstić information content (AvgIpc) is 2.49. The van der Waals surface area contributed by atoms with Gasteiger partial charge in [-0.3, -0.25) is 0 Å². The number of rotatable bonds is 3. The summed E-state index contributed by atoms with van der Waals surface area (Å²) in [6.45, 7) is 0. The van der Waals surface area contributed by atoms with Gasteiger partial charge in [0.15, 0.2) is 0 Å². The van der Waals surface area contributed by atoms with Crippen LogP contribution in [-0.4, -0.2) is 17.1 Å². The third-order valence-electron chi connectivity index (χ3n) is 2.78. The minimum absolute atomic E-state index is 0.453. The number of halogens is 1. The van der Waals surface area contributed by atoms with Crippen LogP contribution >= 0.6 is 15.9 Å². The van der Waals surface area contributed by atoms with E-state index in [1.807, 2.05) is 42.5 Å². The maximum Gasteiger partial charge on any atom is 0.238 e. The summed E-state index contributed by atoms with van der Waals surface area (Å²) >= 11 is 3.44. The Hall–Kier alpha value is -2.14. The standard InChI is InChI=1S/C15H11BrN2O2/c1-19-10-6-7-14(11(16)8-10)20-15-9-17-12-4-2-3-5-13(12)18-15/h2-9H,1H3. The monoisotopic (exact) mass is 330 g/mol. The number of aromatic nitrogens is 2. The lowest BCUT2D eigenvalue weighted by molar-refractivity contribution is 0.411. The Morgan fingerprint density at radius 2 is 1.85 bits per heavy atom. The molecule has 0 aliphatic heterocycles. The molecule has 0 unspecified atom stereocenters. The van der Waals surface area contributed by atoms with Crippen molar-refractivity contribution in [3.8, 4) is 17.4 Å². The van der Waals surface area contributed by atoms with Crippen molar-refractivity contribution in [1.82, 2.24) is 9.97 Å². The molecule has 0 amide bonds. The molecule has 0 saturated carbocycles. The molecule has 0 radical (unpaired) electrons. The summed E-state index contributed by atoms with van der Waals surface area (Å²) in [7, 11) is 1.62. The van der Waals surface area contributed by atoms with Gasteiger partial charge in [0.05, 0.1) is 28.8 Å². The molecule has 0 bridgehead atoms. The normalized spacial score (nSPS) is 10.5. The number of para-hydroxylation sites is 2. The van der Waals surface area contributed by atoms with Crippen LogP contribution in [0.3, 0.4) is 0 Å². The summed E-state index contributed by atoms with van der Waals surface area (Å²) in [5.41, 5.74) is 1.64. The highest BCUT2D eigenvalue weighted by Crippen LogP contribution is 2.32. The summed E-state index contributed by atoms with van der Waals surface area (Å²) in [4.78, 5) is 8.73. The van der Waals surface area contributed by atoms with Crippen LogP contribution in [0, 0.1) is 0 Å². The molecule has 0 atom stereocenters. The van der Waals surface area contributed by atoms with Crippen LogP contribution in [0.15, 0.2) is 53.1 Å². The zero-order valence-electron chi connectivity index (χ0n) is 10.7. The van der Waals surface area contributed by atoms with E-state index in [0.29, 0.717) is 11.6 Å². The van der Waals surface area contributed by atoms with Crippen LogP contribution in [0.5, 0.6) is 17.4 Å². The predicted octanol–water partition coefficient (Wildman–Crippen LogP) is 4.19. The van der Waals surface area contributed by atoms with E-state index in [4.69, 9.17) is 9.47 Å². The Morgan fingerprint density at radius 3 is 2.60 bits per heavy atom. The van der Waals surface area contributed by atoms with Gasteiger partial charge in [-0.05, 0) is 46.3 Å². The Kier molecular flexibility index (Phi) is 3.52. The highest BCUT2D eigenvalue weighted by atomic mass is 79.9. The lowest BCUT2D eigenvalue weighted by atomic mass is 10.3. The van der Waals surface area contributed by atoms with Gasteiger partial charge in [-0.25, -0.2) is 9.97 Å². The molecule has 100 valence electrons. The SMILES string of the molecule is COc1ccc(Oc2cnc3ccccc3n2)c(Br)c1. The van der Waals surface area contributed by atoms with E-state index in [2.05, 4.69) is 25.9 Å². The van der Waals surface area contributed by atoms with Crippen molar-refractivity contribution in [2.75, 3.05) is 7.11 Å². The molecule has 0 N–H and O–H groups in total. The third kappa shape index (κ3) is 2.58. The fourth-order valence-electron chi connectivity index (χ4n) is 1.79. The van der Waals surface area contributed by atoms with Gasteiger partial charge in [0.2, 0.25) is 5.88 Å². The summed E-state index contributed by atoms with van der Waals surface area (Å²) in [6, 6.07) is 13.1. The number of methoxy groups -OCH3 is 1. The fourth-order valence-corrected chi connectivity index (χ4v) is 2.23. The molecule has 5 heteroatoms. The molecule has 20 heavy (non-hydrogen) atoms. The smallest absolute Gasteiger partial charge is 0.238 e. The first kappa shape index (κ1) is 12.9. The van der Waals surface area contributed by atoms with Crippen molar-refractivity contribution in [1.29, 1.82) is 0 Å². The summed E-state index contributed by atoms with van der Waals surface area (Å²) in [5.74, 6) is 1.87. The largest absolute Gasteiger partial charge is 0.497 e. The highest BCUT2D eigenvalue weighted by molar-refractivity contribution is 9.10. The summed E-state index contributed by atoms with van der Waals surface area (Å²) < 4.78 is 11.7. The van der Waals surface area contributed by atoms with E-state index in [9.17, 15) is 0 Å².